The van der Waals surface area contributed by atoms with Gasteiger partial charge in [0.1, 0.15) is 5.38 Å². The molecule has 0 amide bonds. The fourth-order valence-electron chi connectivity index (χ4n) is 1.44. The lowest BCUT2D eigenvalue weighted by molar-refractivity contribution is -0.116. The number of hydrogen-bond donors (Lipinski definition) is 0. The normalized spacial score (nSPS) is 12.9. The van der Waals surface area contributed by atoms with Crippen molar-refractivity contribution in [2.75, 3.05) is 0 Å². The van der Waals surface area contributed by atoms with E-state index in [1.165, 1.54) is 13.0 Å². The fraction of sp³-hybridized carbons (Fsp3) is 0.364. The van der Waals surface area contributed by atoms with E-state index in [4.69, 9.17) is 11.6 Å². The summed E-state index contributed by atoms with van der Waals surface area (Å²) in [6, 6.07) is 4.66. The van der Waals surface area contributed by atoms with Crippen LogP contribution in [0, 0.1) is 6.92 Å². The molecule has 1 unspecified atom stereocenters. The van der Waals surface area contributed by atoms with E-state index < -0.39 is 11.8 Å². The van der Waals surface area contributed by atoms with Gasteiger partial charge in [-0.25, -0.2) is 8.78 Å². The van der Waals surface area contributed by atoms with Gasteiger partial charge in [0.25, 0.3) is 6.43 Å². The monoisotopic (exact) mass is 232 g/mol. The van der Waals surface area contributed by atoms with Crippen molar-refractivity contribution in [2.24, 2.45) is 0 Å². The minimum atomic E-state index is -2.61. The summed E-state index contributed by atoms with van der Waals surface area (Å²) < 4.78 is 25.5. The number of hydrogen-bond acceptors (Lipinski definition) is 1. The lowest BCUT2D eigenvalue weighted by Crippen LogP contribution is -2.06. The Morgan fingerprint density at radius 3 is 2.47 bits per heavy atom. The van der Waals surface area contributed by atoms with Gasteiger partial charge in [0, 0.05) is 5.56 Å². The topological polar surface area (TPSA) is 17.1 Å². The Kier molecular flexibility index (Phi) is 3.80. The molecule has 1 aromatic carbocycles. The summed E-state index contributed by atoms with van der Waals surface area (Å²) >= 11 is 5.78. The molecule has 0 saturated carbocycles. The zero-order valence-corrected chi connectivity index (χ0v) is 9.18. The van der Waals surface area contributed by atoms with E-state index in [9.17, 15) is 13.6 Å². The number of carbonyl (C=O) groups is 1. The van der Waals surface area contributed by atoms with E-state index in [2.05, 4.69) is 0 Å². The second-order valence-corrected chi connectivity index (χ2v) is 3.79. The first kappa shape index (κ1) is 12.1. The number of aryl methyl sites for hydroxylation is 1. The van der Waals surface area contributed by atoms with Crippen molar-refractivity contribution in [1.29, 1.82) is 0 Å². The molecule has 0 spiro atoms. The third-order valence-electron chi connectivity index (χ3n) is 2.21. The van der Waals surface area contributed by atoms with Gasteiger partial charge in [-0.1, -0.05) is 18.2 Å². The van der Waals surface area contributed by atoms with Crippen molar-refractivity contribution in [3.8, 4) is 0 Å². The summed E-state index contributed by atoms with van der Waals surface area (Å²) in [4.78, 5) is 11.1. The van der Waals surface area contributed by atoms with Gasteiger partial charge in [-0.3, -0.25) is 4.79 Å². The van der Waals surface area contributed by atoms with Crippen molar-refractivity contribution in [1.82, 2.24) is 0 Å². The maximum Gasteiger partial charge on any atom is 0.264 e. The average molecular weight is 233 g/mol. The zero-order chi connectivity index (χ0) is 11.6. The second kappa shape index (κ2) is 4.71. The number of benzene rings is 1. The van der Waals surface area contributed by atoms with Gasteiger partial charge in [0.15, 0.2) is 5.78 Å². The van der Waals surface area contributed by atoms with Crippen LogP contribution >= 0.6 is 11.6 Å². The molecule has 0 aromatic heterocycles. The summed E-state index contributed by atoms with van der Waals surface area (Å²) in [5.41, 5.74) is 0.529. The minimum Gasteiger partial charge on any atom is -0.298 e. The molecule has 15 heavy (non-hydrogen) atoms. The first-order valence-corrected chi connectivity index (χ1v) is 4.91. The van der Waals surface area contributed by atoms with Crippen LogP contribution in [0.25, 0.3) is 0 Å². The first-order valence-electron chi connectivity index (χ1n) is 4.47. The molecule has 0 fully saturated rings. The molecular formula is C11H11ClF2O. The van der Waals surface area contributed by atoms with Crippen LogP contribution in [0.1, 0.15) is 35.4 Å². The summed E-state index contributed by atoms with van der Waals surface area (Å²) in [7, 11) is 0. The molecule has 1 nitrogen and oxygen atoms in total. The maximum atomic E-state index is 12.7. The molecule has 0 heterocycles. The van der Waals surface area contributed by atoms with Crippen molar-refractivity contribution < 1.29 is 13.6 Å². The number of carbonyl (C=O) groups excluding carboxylic acids is 1. The molecule has 0 radical (unpaired) electrons. The molecule has 0 aliphatic rings. The Hall–Kier alpha value is -0.960. The highest BCUT2D eigenvalue weighted by Gasteiger charge is 2.22. The number of ketones is 1. The maximum absolute atomic E-state index is 12.7. The summed E-state index contributed by atoms with van der Waals surface area (Å²) in [6.07, 6.45) is -2.61. The zero-order valence-electron chi connectivity index (χ0n) is 8.43. The van der Waals surface area contributed by atoms with Gasteiger partial charge in [-0.05, 0) is 25.0 Å². The van der Waals surface area contributed by atoms with Crippen LogP contribution < -0.4 is 0 Å². The fourth-order valence-corrected chi connectivity index (χ4v) is 1.63. The Bertz CT molecular complexity index is 377. The molecule has 0 aliphatic heterocycles. The van der Waals surface area contributed by atoms with E-state index in [1.807, 2.05) is 0 Å². The van der Waals surface area contributed by atoms with E-state index in [1.54, 1.807) is 19.1 Å². The molecule has 0 aliphatic carbocycles. The summed E-state index contributed by atoms with van der Waals surface area (Å²) in [6.45, 7) is 2.87. The van der Waals surface area contributed by atoms with Crippen LogP contribution in [0.4, 0.5) is 8.78 Å². The van der Waals surface area contributed by atoms with Gasteiger partial charge in [-0.2, -0.15) is 0 Å². The quantitative estimate of drug-likeness (QED) is 0.725. The highest BCUT2D eigenvalue weighted by atomic mass is 35.5. The standard InChI is InChI=1S/C11H11ClF2O/c1-6-4-3-5-8(9(6)11(13)14)10(12)7(2)15/h3-5,10-11H,1-2H3. The Balaban J connectivity index is 3.28. The third-order valence-corrected chi connectivity index (χ3v) is 2.75. The largest absolute Gasteiger partial charge is 0.298 e. The molecule has 0 N–H and O–H groups in total. The summed E-state index contributed by atoms with van der Waals surface area (Å²) in [5, 5.41) is -0.992. The smallest absolute Gasteiger partial charge is 0.264 e. The molecule has 0 saturated heterocycles. The van der Waals surface area contributed by atoms with Crippen LogP contribution in [0.3, 0.4) is 0 Å². The molecule has 82 valence electrons. The minimum absolute atomic E-state index is 0.132. The van der Waals surface area contributed by atoms with Crippen molar-refractivity contribution in [3.05, 3.63) is 34.9 Å². The number of rotatable bonds is 3. The molecule has 1 aromatic rings. The van der Waals surface area contributed by atoms with E-state index in [0.29, 0.717) is 5.56 Å². The van der Waals surface area contributed by atoms with Gasteiger partial charge in [-0.15, -0.1) is 11.6 Å². The van der Waals surface area contributed by atoms with E-state index in [0.717, 1.165) is 0 Å². The lowest BCUT2D eigenvalue weighted by Gasteiger charge is -2.14. The summed E-state index contributed by atoms with van der Waals surface area (Å²) in [5.74, 6) is -0.329. The Morgan fingerprint density at radius 2 is 2.00 bits per heavy atom. The second-order valence-electron chi connectivity index (χ2n) is 3.35. The average Bonchev–Trinajstić information content (AvgIpc) is 2.15. The van der Waals surface area contributed by atoms with Crippen LogP contribution in [-0.4, -0.2) is 5.78 Å². The van der Waals surface area contributed by atoms with Crippen LogP contribution in [0.2, 0.25) is 0 Å². The lowest BCUT2D eigenvalue weighted by atomic mass is 9.98. The van der Waals surface area contributed by atoms with Gasteiger partial charge >= 0.3 is 0 Å². The SMILES string of the molecule is CC(=O)C(Cl)c1cccc(C)c1C(F)F. The van der Waals surface area contributed by atoms with Crippen LogP contribution in [0.15, 0.2) is 18.2 Å². The molecule has 0 bridgehead atoms. The first-order chi connectivity index (χ1) is 6.95. The molecule has 4 heteroatoms. The van der Waals surface area contributed by atoms with E-state index >= 15 is 0 Å². The Morgan fingerprint density at radius 1 is 1.40 bits per heavy atom. The Labute approximate surface area is 92.1 Å². The van der Waals surface area contributed by atoms with Gasteiger partial charge < -0.3 is 0 Å². The predicted molar refractivity (Wildman–Crippen MR) is 55.4 cm³/mol. The number of Topliss-reactive ketones (excluding diaryl/α,β-unsaturated/α-hetero) is 1. The highest BCUT2D eigenvalue weighted by molar-refractivity contribution is 6.30. The third kappa shape index (κ3) is 2.53. The van der Waals surface area contributed by atoms with Crippen LogP contribution in [-0.2, 0) is 4.79 Å². The van der Waals surface area contributed by atoms with E-state index in [-0.39, 0.29) is 16.9 Å². The van der Waals surface area contributed by atoms with Gasteiger partial charge in [0.2, 0.25) is 0 Å². The molecule has 1 rings (SSSR count). The van der Waals surface area contributed by atoms with Crippen molar-refractivity contribution in [2.45, 2.75) is 25.7 Å². The van der Waals surface area contributed by atoms with Gasteiger partial charge in [0.05, 0.1) is 0 Å². The molecule has 1 atom stereocenters. The van der Waals surface area contributed by atoms with Crippen molar-refractivity contribution in [3.63, 3.8) is 0 Å². The predicted octanol–water partition coefficient (Wildman–Crippen LogP) is 3.80. The number of halogens is 3. The number of alkyl halides is 3. The molecular weight excluding hydrogens is 222 g/mol. The highest BCUT2D eigenvalue weighted by Crippen LogP contribution is 2.33. The van der Waals surface area contributed by atoms with Crippen LogP contribution in [0.5, 0.6) is 0 Å². The van der Waals surface area contributed by atoms with Crippen molar-refractivity contribution >= 4 is 17.4 Å².